The number of nitrogens with zero attached hydrogens (tertiary/aromatic N) is 1. The van der Waals surface area contributed by atoms with E-state index < -0.39 is 24.3 Å². The Hall–Kier alpha value is -0.950. The number of aliphatic hydroxyl groups excluding tert-OH is 2. The van der Waals surface area contributed by atoms with Crippen molar-refractivity contribution in [3.05, 3.63) is 29.3 Å². The highest BCUT2D eigenvalue weighted by Crippen LogP contribution is 2.25. The Morgan fingerprint density at radius 2 is 1.75 bits per heavy atom. The molecule has 4 nitrogen and oxygen atoms in total. The molecule has 20 heavy (non-hydrogen) atoms. The van der Waals surface area contributed by atoms with Gasteiger partial charge in [-0.1, -0.05) is 0 Å². The highest BCUT2D eigenvalue weighted by molar-refractivity contribution is 5.85. The van der Waals surface area contributed by atoms with Crippen molar-refractivity contribution in [3.8, 4) is 0 Å². The summed E-state index contributed by atoms with van der Waals surface area (Å²) in [5.74, 6) is -1.25. The first kappa shape index (κ1) is 17.1. The van der Waals surface area contributed by atoms with E-state index in [0.29, 0.717) is 31.7 Å². The molecule has 0 bridgehead atoms. The van der Waals surface area contributed by atoms with Gasteiger partial charge in [0.2, 0.25) is 0 Å². The standard InChI is InChI=1S/C13H18F2N2O2.ClH/c14-11-6-9(5-10(19)8-18)7-12(15)13(11)17-3-1-16-2-4-17;/h6-7,10,16,18-19H,1-5,8H2;1H. The zero-order valence-corrected chi connectivity index (χ0v) is 11.8. The van der Waals surface area contributed by atoms with Crippen LogP contribution in [0.15, 0.2) is 12.1 Å². The molecular formula is C13H19ClF2N2O2. The zero-order chi connectivity index (χ0) is 13.8. The second-order valence-corrected chi connectivity index (χ2v) is 4.69. The third-order valence-corrected chi connectivity index (χ3v) is 3.19. The van der Waals surface area contributed by atoms with Crippen molar-refractivity contribution >= 4 is 18.1 Å². The van der Waals surface area contributed by atoms with Crippen molar-refractivity contribution in [2.24, 2.45) is 0 Å². The summed E-state index contributed by atoms with van der Waals surface area (Å²) in [7, 11) is 0. The number of benzene rings is 1. The van der Waals surface area contributed by atoms with Gasteiger partial charge in [0.15, 0.2) is 0 Å². The van der Waals surface area contributed by atoms with E-state index in [0.717, 1.165) is 0 Å². The van der Waals surface area contributed by atoms with Crippen molar-refractivity contribution in [1.29, 1.82) is 0 Å². The molecule has 1 unspecified atom stereocenters. The van der Waals surface area contributed by atoms with Crippen LogP contribution in [0.2, 0.25) is 0 Å². The minimum absolute atomic E-state index is 0. The zero-order valence-electron chi connectivity index (χ0n) is 11.0. The SMILES string of the molecule is Cl.OCC(O)Cc1cc(F)c(N2CCNCC2)c(F)c1. The van der Waals surface area contributed by atoms with Gasteiger partial charge in [0, 0.05) is 32.6 Å². The Morgan fingerprint density at radius 1 is 1.20 bits per heavy atom. The number of piperazine rings is 1. The lowest BCUT2D eigenvalue weighted by molar-refractivity contribution is 0.0954. The lowest BCUT2D eigenvalue weighted by Crippen LogP contribution is -2.44. The number of rotatable bonds is 4. The summed E-state index contributed by atoms with van der Waals surface area (Å²) in [5.41, 5.74) is 0.333. The second kappa shape index (κ2) is 7.73. The van der Waals surface area contributed by atoms with Crippen LogP contribution in [-0.2, 0) is 6.42 Å². The van der Waals surface area contributed by atoms with Crippen molar-refractivity contribution in [1.82, 2.24) is 5.32 Å². The average Bonchev–Trinajstić information content (AvgIpc) is 2.39. The quantitative estimate of drug-likeness (QED) is 0.766. The first-order valence-electron chi connectivity index (χ1n) is 6.34. The number of nitrogens with one attached hydrogen (secondary N) is 1. The molecule has 0 radical (unpaired) electrons. The first-order valence-corrected chi connectivity index (χ1v) is 6.34. The summed E-state index contributed by atoms with van der Waals surface area (Å²) >= 11 is 0. The van der Waals surface area contributed by atoms with E-state index in [1.54, 1.807) is 4.90 Å². The Kier molecular flexibility index (Phi) is 6.61. The predicted molar refractivity (Wildman–Crippen MR) is 75.5 cm³/mol. The summed E-state index contributed by atoms with van der Waals surface area (Å²) in [4.78, 5) is 1.67. The molecule has 0 amide bonds. The van der Waals surface area contributed by atoms with Crippen molar-refractivity contribution in [2.45, 2.75) is 12.5 Å². The number of hydrogen-bond acceptors (Lipinski definition) is 4. The van der Waals surface area contributed by atoms with Gasteiger partial charge in [-0.05, 0) is 17.7 Å². The monoisotopic (exact) mass is 308 g/mol. The van der Waals surface area contributed by atoms with Gasteiger partial charge in [0.25, 0.3) is 0 Å². The Labute approximate surface area is 122 Å². The van der Waals surface area contributed by atoms with E-state index in [1.807, 2.05) is 0 Å². The van der Waals surface area contributed by atoms with Crippen LogP contribution in [0.5, 0.6) is 0 Å². The van der Waals surface area contributed by atoms with E-state index in [-0.39, 0.29) is 24.5 Å². The maximum atomic E-state index is 14.0. The number of halogens is 3. The number of anilines is 1. The molecule has 1 aliphatic rings. The maximum absolute atomic E-state index is 14.0. The lowest BCUT2D eigenvalue weighted by atomic mass is 10.1. The van der Waals surface area contributed by atoms with E-state index in [1.165, 1.54) is 12.1 Å². The molecule has 2 rings (SSSR count). The van der Waals surface area contributed by atoms with Gasteiger partial charge < -0.3 is 20.4 Å². The van der Waals surface area contributed by atoms with E-state index in [9.17, 15) is 13.9 Å². The largest absolute Gasteiger partial charge is 0.394 e. The summed E-state index contributed by atoms with van der Waals surface area (Å²) in [6, 6.07) is 2.44. The fourth-order valence-electron chi connectivity index (χ4n) is 2.26. The summed E-state index contributed by atoms with van der Waals surface area (Å²) in [6.45, 7) is 2.09. The molecular weight excluding hydrogens is 290 g/mol. The van der Waals surface area contributed by atoms with Gasteiger partial charge in [-0.2, -0.15) is 0 Å². The Morgan fingerprint density at radius 3 is 2.25 bits per heavy atom. The lowest BCUT2D eigenvalue weighted by Gasteiger charge is -2.30. The molecule has 0 spiro atoms. The van der Waals surface area contributed by atoms with Crippen molar-refractivity contribution < 1.29 is 19.0 Å². The molecule has 1 fully saturated rings. The molecule has 114 valence electrons. The fraction of sp³-hybridized carbons (Fsp3) is 0.538. The van der Waals surface area contributed by atoms with Crippen LogP contribution < -0.4 is 10.2 Å². The topological polar surface area (TPSA) is 55.7 Å². The molecule has 1 atom stereocenters. The molecule has 7 heteroatoms. The molecule has 0 aromatic heterocycles. The highest BCUT2D eigenvalue weighted by Gasteiger charge is 2.20. The number of hydrogen-bond donors (Lipinski definition) is 3. The first-order chi connectivity index (χ1) is 9.11. The van der Waals surface area contributed by atoms with Gasteiger partial charge in [0.1, 0.15) is 17.3 Å². The van der Waals surface area contributed by atoms with Gasteiger partial charge in [-0.3, -0.25) is 0 Å². The van der Waals surface area contributed by atoms with E-state index >= 15 is 0 Å². The summed E-state index contributed by atoms with van der Waals surface area (Å²) in [5, 5.41) is 21.2. The summed E-state index contributed by atoms with van der Waals surface area (Å²) < 4.78 is 28.0. The van der Waals surface area contributed by atoms with Gasteiger partial charge >= 0.3 is 0 Å². The molecule has 1 aromatic rings. The van der Waals surface area contributed by atoms with Crippen molar-refractivity contribution in [3.63, 3.8) is 0 Å². The minimum atomic E-state index is -0.996. The number of aliphatic hydroxyl groups is 2. The molecule has 1 saturated heterocycles. The predicted octanol–water partition coefficient (Wildman–Crippen LogP) is 0.692. The van der Waals surface area contributed by atoms with Crippen LogP contribution in [0.3, 0.4) is 0 Å². The Bertz CT molecular complexity index is 419. The Balaban J connectivity index is 0.00000200. The van der Waals surface area contributed by atoms with Gasteiger partial charge in [-0.25, -0.2) is 8.78 Å². The van der Waals surface area contributed by atoms with E-state index in [4.69, 9.17) is 5.11 Å². The second-order valence-electron chi connectivity index (χ2n) is 4.69. The third kappa shape index (κ3) is 4.02. The van der Waals surface area contributed by atoms with Crippen LogP contribution in [0.1, 0.15) is 5.56 Å². The highest BCUT2D eigenvalue weighted by atomic mass is 35.5. The van der Waals surface area contributed by atoms with Crippen LogP contribution in [0, 0.1) is 11.6 Å². The minimum Gasteiger partial charge on any atom is -0.394 e. The normalized spacial score (nSPS) is 16.7. The molecule has 0 saturated carbocycles. The fourth-order valence-corrected chi connectivity index (χ4v) is 2.26. The molecule has 3 N–H and O–H groups in total. The van der Waals surface area contributed by atoms with Gasteiger partial charge in [-0.15, -0.1) is 12.4 Å². The molecule has 1 aromatic carbocycles. The molecule has 1 heterocycles. The average molecular weight is 309 g/mol. The van der Waals surface area contributed by atoms with Crippen LogP contribution in [0.25, 0.3) is 0 Å². The third-order valence-electron chi connectivity index (χ3n) is 3.19. The summed E-state index contributed by atoms with van der Waals surface area (Å²) in [6.07, 6.45) is -0.963. The van der Waals surface area contributed by atoms with Crippen LogP contribution >= 0.6 is 12.4 Å². The van der Waals surface area contributed by atoms with Crippen LogP contribution in [-0.4, -0.2) is 49.1 Å². The van der Waals surface area contributed by atoms with Crippen molar-refractivity contribution in [2.75, 3.05) is 37.7 Å². The van der Waals surface area contributed by atoms with Crippen LogP contribution in [0.4, 0.5) is 14.5 Å². The molecule has 0 aliphatic carbocycles. The van der Waals surface area contributed by atoms with Gasteiger partial charge in [0.05, 0.1) is 12.7 Å². The smallest absolute Gasteiger partial charge is 0.149 e. The van der Waals surface area contributed by atoms with E-state index in [2.05, 4.69) is 5.32 Å². The maximum Gasteiger partial charge on any atom is 0.149 e. The molecule has 1 aliphatic heterocycles.